The van der Waals surface area contributed by atoms with Gasteiger partial charge in [0.05, 0.1) is 6.04 Å². The van der Waals surface area contributed by atoms with Gasteiger partial charge in [-0.3, -0.25) is 24.0 Å². The van der Waals surface area contributed by atoms with Crippen LogP contribution in [-0.4, -0.2) is 96.6 Å². The van der Waals surface area contributed by atoms with E-state index < -0.39 is 35.2 Å². The van der Waals surface area contributed by atoms with E-state index in [0.717, 1.165) is 18.8 Å². The summed E-state index contributed by atoms with van der Waals surface area (Å²) < 4.78 is 0. The summed E-state index contributed by atoms with van der Waals surface area (Å²) in [4.78, 5) is 76.4. The first-order valence-corrected chi connectivity index (χ1v) is 18.3. The van der Waals surface area contributed by atoms with E-state index in [2.05, 4.69) is 48.6 Å². The fraction of sp³-hybridized carbons (Fsp3) is 0.789. The van der Waals surface area contributed by atoms with Crippen LogP contribution in [0.3, 0.4) is 0 Å². The number of hydrogen-bond acceptors (Lipinski definition) is 6. The lowest BCUT2D eigenvalue weighted by Crippen LogP contribution is -2.62. The number of carbonyl (C=O) groups excluding carboxylic acids is 6. The molecule has 12 nitrogen and oxygen atoms in total. The van der Waals surface area contributed by atoms with Gasteiger partial charge in [0.15, 0.2) is 0 Å². The van der Waals surface area contributed by atoms with Crippen LogP contribution >= 0.6 is 0 Å². The predicted molar refractivity (Wildman–Crippen MR) is 196 cm³/mol. The average molecular weight is 703 g/mol. The lowest BCUT2D eigenvalue weighted by molar-refractivity contribution is -0.143. The minimum atomic E-state index is -0.803. The summed E-state index contributed by atoms with van der Waals surface area (Å²) in [5, 5.41) is 11.0. The van der Waals surface area contributed by atoms with Crippen LogP contribution in [0, 0.1) is 34.0 Å². The number of fused-ring (bicyclic) bond motifs is 1. The molecule has 6 amide bonds. The van der Waals surface area contributed by atoms with Gasteiger partial charge in [-0.25, -0.2) is 4.79 Å². The molecule has 2 aliphatic heterocycles. The maximum absolute atomic E-state index is 13.8. The maximum Gasteiger partial charge on any atom is 0.315 e. The van der Waals surface area contributed by atoms with Gasteiger partial charge in [-0.2, -0.15) is 0 Å². The van der Waals surface area contributed by atoms with Crippen LogP contribution in [0.1, 0.15) is 108 Å². The number of ketones is 1. The average Bonchev–Trinajstić information content (AvgIpc) is 3.32. The van der Waals surface area contributed by atoms with E-state index in [1.807, 2.05) is 46.4 Å². The molecule has 2 saturated carbocycles. The first-order valence-electron chi connectivity index (χ1n) is 18.3. The molecule has 0 bridgehead atoms. The minimum absolute atomic E-state index is 0.0296. The Morgan fingerprint density at radius 3 is 2.02 bits per heavy atom. The molecule has 284 valence electrons. The van der Waals surface area contributed by atoms with E-state index in [1.165, 1.54) is 32.3 Å². The lowest BCUT2D eigenvalue weighted by Gasteiger charge is -2.39. The molecule has 2 aliphatic carbocycles. The monoisotopic (exact) mass is 703 g/mol. The van der Waals surface area contributed by atoms with Gasteiger partial charge in [0, 0.05) is 46.6 Å². The van der Waals surface area contributed by atoms with E-state index >= 15 is 0 Å². The Labute approximate surface area is 300 Å². The number of rotatable bonds is 9. The molecule has 4 rings (SSSR count). The van der Waals surface area contributed by atoms with E-state index in [4.69, 9.17) is 0 Å². The van der Waals surface area contributed by atoms with Crippen molar-refractivity contribution in [1.29, 1.82) is 0 Å². The summed E-state index contributed by atoms with van der Waals surface area (Å²) in [6.45, 7) is 25.0. The molecular formula is C38H66N6O6. The Hall–Kier alpha value is -3.44. The number of likely N-dealkylation sites (N-methyl/N-ethyl adjacent to an activating group) is 1. The third-order valence-electron chi connectivity index (χ3n) is 10.7. The van der Waals surface area contributed by atoms with Crippen LogP contribution < -0.4 is 21.3 Å². The summed E-state index contributed by atoms with van der Waals surface area (Å²) in [6.07, 6.45) is 8.40. The topological polar surface area (TPSA) is 157 Å². The molecule has 4 fully saturated rings. The van der Waals surface area contributed by atoms with Crippen LogP contribution in [-0.2, 0) is 24.0 Å². The molecule has 4 N–H and O–H groups in total. The first-order chi connectivity index (χ1) is 23.1. The number of nitrogens with one attached hydrogen (secondary N) is 4. The quantitative estimate of drug-likeness (QED) is 0.210. The first kappa shape index (κ1) is 42.7. The van der Waals surface area contributed by atoms with Gasteiger partial charge in [-0.15, -0.1) is 6.58 Å². The zero-order chi connectivity index (χ0) is 38.2. The largest absolute Gasteiger partial charge is 0.357 e. The van der Waals surface area contributed by atoms with Crippen molar-refractivity contribution in [2.24, 2.45) is 34.0 Å². The molecule has 2 heterocycles. The second-order valence-electron chi connectivity index (χ2n) is 17.2. The van der Waals surface area contributed by atoms with Crippen molar-refractivity contribution in [1.82, 2.24) is 31.1 Å². The molecule has 5 atom stereocenters. The number of urea groups is 1. The molecule has 0 spiro atoms. The SMILES string of the molecule is C=CCNC(=O)C(C)=O.CC1CCC1.CNC(=O)[C@@H]1[C@@H]2C(CN1C(=O)[C@@H](NC(=O)N[C@H](CN1CCCCC1=O)C(C)(C)C)C(C)(C)C)C2(C)C. The number of hydrogen-bond donors (Lipinski definition) is 4. The number of carbonyl (C=O) groups is 6. The molecule has 12 heteroatoms. The highest BCUT2D eigenvalue weighted by atomic mass is 16.2. The highest BCUT2D eigenvalue weighted by Crippen LogP contribution is 2.65. The molecule has 0 aromatic heterocycles. The fourth-order valence-corrected chi connectivity index (χ4v) is 6.82. The van der Waals surface area contributed by atoms with E-state index in [9.17, 15) is 28.8 Å². The van der Waals surface area contributed by atoms with Crippen LogP contribution in [0.25, 0.3) is 0 Å². The number of amides is 6. The van der Waals surface area contributed by atoms with Crippen LogP contribution in [0.15, 0.2) is 12.7 Å². The molecule has 0 radical (unpaired) electrons. The van der Waals surface area contributed by atoms with Crippen molar-refractivity contribution in [2.45, 2.75) is 126 Å². The van der Waals surface area contributed by atoms with Crippen molar-refractivity contribution >= 4 is 35.4 Å². The van der Waals surface area contributed by atoms with Crippen LogP contribution in [0.4, 0.5) is 4.79 Å². The number of piperidine rings is 2. The van der Waals surface area contributed by atoms with Crippen molar-refractivity contribution in [3.05, 3.63) is 12.7 Å². The van der Waals surface area contributed by atoms with Gasteiger partial charge in [-0.05, 0) is 46.8 Å². The highest BCUT2D eigenvalue weighted by Gasteiger charge is 2.69. The fourth-order valence-electron chi connectivity index (χ4n) is 6.82. The third kappa shape index (κ3) is 11.5. The minimum Gasteiger partial charge on any atom is -0.357 e. The Kier molecular flexibility index (Phi) is 15.1. The van der Waals surface area contributed by atoms with E-state index in [-0.39, 0.29) is 46.4 Å². The second-order valence-corrected chi connectivity index (χ2v) is 17.2. The summed E-state index contributed by atoms with van der Waals surface area (Å²) in [5.41, 5.74) is -0.825. The van der Waals surface area contributed by atoms with Crippen LogP contribution in [0.2, 0.25) is 0 Å². The van der Waals surface area contributed by atoms with Crippen molar-refractivity contribution < 1.29 is 28.8 Å². The molecule has 50 heavy (non-hydrogen) atoms. The number of Topliss-reactive ketones (excluding diaryl/α,β-unsaturated/α-hetero) is 1. The molecule has 0 aromatic rings. The van der Waals surface area contributed by atoms with Gasteiger partial charge in [-0.1, -0.05) is 87.7 Å². The highest BCUT2D eigenvalue weighted by molar-refractivity contribution is 6.35. The van der Waals surface area contributed by atoms with Crippen molar-refractivity contribution in [3.63, 3.8) is 0 Å². The Bertz CT molecular complexity index is 1250. The molecule has 2 saturated heterocycles. The smallest absolute Gasteiger partial charge is 0.315 e. The van der Waals surface area contributed by atoms with Gasteiger partial charge in [0.2, 0.25) is 23.5 Å². The zero-order valence-corrected chi connectivity index (χ0v) is 32.7. The Balaban J connectivity index is 0.000000513. The van der Waals surface area contributed by atoms with Crippen molar-refractivity contribution in [2.75, 3.05) is 33.2 Å². The molecule has 0 aromatic carbocycles. The third-order valence-corrected chi connectivity index (χ3v) is 10.7. The Morgan fingerprint density at radius 2 is 1.58 bits per heavy atom. The van der Waals surface area contributed by atoms with E-state index in [1.54, 1.807) is 11.9 Å². The van der Waals surface area contributed by atoms with Gasteiger partial charge in [0.1, 0.15) is 12.1 Å². The maximum atomic E-state index is 13.8. The molecular weight excluding hydrogens is 636 g/mol. The summed E-state index contributed by atoms with van der Waals surface area (Å²) in [6, 6.07) is -2.05. The summed E-state index contributed by atoms with van der Waals surface area (Å²) >= 11 is 0. The standard InChI is InChI=1S/C27H47N5O4.C6H9NO2.C5H10/c1-25(2,3)17(15-31-13-11-10-12-18(31)33)29-24(36)30-21(26(4,5)6)23(35)32-14-16-19(27(16,7)8)20(32)22(34)28-9;1-3-4-7-6(9)5(2)8;1-5-3-2-4-5/h16-17,19-21H,10-15H2,1-9H3,(H,28,34)(H2,29,30,36);3H,1,4H2,2H3,(H,7,9);5H,2-4H2,1H3/t16?,17-,19+,20+,21-;;/m1../s1. The zero-order valence-electron chi connectivity index (χ0n) is 32.7. The van der Waals surface area contributed by atoms with Crippen LogP contribution in [0.5, 0.6) is 0 Å². The Morgan fingerprint density at radius 1 is 0.980 bits per heavy atom. The number of likely N-dealkylation sites (tertiary alicyclic amines) is 2. The molecule has 4 aliphatic rings. The van der Waals surface area contributed by atoms with Crippen molar-refractivity contribution in [3.8, 4) is 0 Å². The summed E-state index contributed by atoms with van der Waals surface area (Å²) in [5.74, 6) is 0.178. The molecule has 1 unspecified atom stereocenters. The second kappa shape index (κ2) is 17.7. The normalized spacial score (nSPS) is 23.6. The predicted octanol–water partition coefficient (Wildman–Crippen LogP) is 4.04. The van der Waals surface area contributed by atoms with Gasteiger partial charge in [0.25, 0.3) is 5.91 Å². The number of nitrogens with zero attached hydrogens (tertiary/aromatic N) is 2. The van der Waals surface area contributed by atoms with Gasteiger partial charge >= 0.3 is 6.03 Å². The van der Waals surface area contributed by atoms with Gasteiger partial charge < -0.3 is 31.1 Å². The van der Waals surface area contributed by atoms with E-state index in [0.29, 0.717) is 32.6 Å². The summed E-state index contributed by atoms with van der Waals surface area (Å²) in [7, 11) is 1.60. The lowest BCUT2D eigenvalue weighted by atomic mass is 9.84.